The van der Waals surface area contributed by atoms with Crippen molar-refractivity contribution in [2.24, 2.45) is 5.92 Å². The molecule has 2 heterocycles. The maximum absolute atomic E-state index is 13.7. The Balaban J connectivity index is 1.22. The van der Waals surface area contributed by atoms with Crippen molar-refractivity contribution in [2.75, 3.05) is 19.6 Å². The van der Waals surface area contributed by atoms with Gasteiger partial charge in [0.1, 0.15) is 10.8 Å². The van der Waals surface area contributed by atoms with Crippen LogP contribution in [0.3, 0.4) is 0 Å². The highest BCUT2D eigenvalue weighted by Gasteiger charge is 2.26. The largest absolute Gasteiger partial charge is 0.356 e. The summed E-state index contributed by atoms with van der Waals surface area (Å²) in [7, 11) is 0. The normalized spacial score (nSPS) is 14.9. The number of carbonyl (C=O) groups is 2. The Hall–Kier alpha value is -3.06. The Morgan fingerprint density at radius 2 is 1.87 bits per heavy atom. The first-order chi connectivity index (χ1) is 15.1. The lowest BCUT2D eigenvalue weighted by Crippen LogP contribution is -2.42. The molecule has 1 fully saturated rings. The molecule has 3 aromatic rings. The number of piperidine rings is 1. The van der Waals surface area contributed by atoms with Crippen LogP contribution < -0.4 is 5.32 Å². The molecule has 0 atom stereocenters. The predicted molar refractivity (Wildman–Crippen MR) is 121 cm³/mol. The maximum Gasteiger partial charge on any atom is 0.246 e. The average Bonchev–Trinajstić information content (AvgIpc) is 3.22. The van der Waals surface area contributed by atoms with Crippen LogP contribution >= 0.6 is 11.3 Å². The summed E-state index contributed by atoms with van der Waals surface area (Å²) in [5.74, 6) is -0.438. The summed E-state index contributed by atoms with van der Waals surface area (Å²) < 4.78 is 14.7. The lowest BCUT2D eigenvalue weighted by atomic mass is 9.95. The summed E-state index contributed by atoms with van der Waals surface area (Å²) in [5.41, 5.74) is 1.53. The summed E-state index contributed by atoms with van der Waals surface area (Å²) in [6.45, 7) is 1.51. The molecule has 7 heteroatoms. The number of hydrogen-bond donors (Lipinski definition) is 1. The van der Waals surface area contributed by atoms with Gasteiger partial charge in [0, 0.05) is 31.6 Å². The molecule has 2 aromatic carbocycles. The second-order valence-corrected chi connectivity index (χ2v) is 8.65. The van der Waals surface area contributed by atoms with Gasteiger partial charge in [0.2, 0.25) is 11.8 Å². The number of carbonyl (C=O) groups excluding carboxylic acids is 2. The Bertz CT molecular complexity index is 1070. The van der Waals surface area contributed by atoms with Crippen molar-refractivity contribution >= 4 is 39.4 Å². The molecule has 1 saturated heterocycles. The Morgan fingerprint density at radius 1 is 1.13 bits per heavy atom. The fourth-order valence-electron chi connectivity index (χ4n) is 3.74. The molecule has 1 N–H and O–H groups in total. The zero-order valence-corrected chi connectivity index (χ0v) is 17.9. The highest BCUT2D eigenvalue weighted by atomic mass is 32.1. The number of aromatic nitrogens is 1. The Morgan fingerprint density at radius 3 is 2.65 bits per heavy atom. The molecule has 4 rings (SSSR count). The standard InChI is InChI=1S/C24H24FN3O2S/c25-19-6-2-1-5-17(19)11-14-26-24(30)18-12-15-28(16-13-18)23(29)10-9-22-27-20-7-3-4-8-21(20)31-22/h1-10,18H,11-16H2,(H,26,30)/b10-9+. The topological polar surface area (TPSA) is 62.3 Å². The summed E-state index contributed by atoms with van der Waals surface area (Å²) in [5, 5.41) is 3.71. The molecule has 1 aliphatic rings. The van der Waals surface area contributed by atoms with Crippen molar-refractivity contribution < 1.29 is 14.0 Å². The monoisotopic (exact) mass is 437 g/mol. The third kappa shape index (κ3) is 5.35. The number of thiazole rings is 1. The van der Waals surface area contributed by atoms with E-state index in [0.717, 1.165) is 15.2 Å². The number of halogens is 1. The molecule has 0 spiro atoms. The number of benzene rings is 2. The average molecular weight is 438 g/mol. The van der Waals surface area contributed by atoms with Gasteiger partial charge in [0.15, 0.2) is 0 Å². The van der Waals surface area contributed by atoms with Crippen LogP contribution in [0.2, 0.25) is 0 Å². The second kappa shape index (κ2) is 9.83. The smallest absolute Gasteiger partial charge is 0.246 e. The highest BCUT2D eigenvalue weighted by molar-refractivity contribution is 7.19. The van der Waals surface area contributed by atoms with Crippen LogP contribution in [-0.4, -0.2) is 41.3 Å². The van der Waals surface area contributed by atoms with Gasteiger partial charge in [-0.2, -0.15) is 0 Å². The van der Waals surface area contributed by atoms with E-state index in [2.05, 4.69) is 10.3 Å². The first-order valence-corrected chi connectivity index (χ1v) is 11.3. The van der Waals surface area contributed by atoms with E-state index >= 15 is 0 Å². The van der Waals surface area contributed by atoms with Gasteiger partial charge in [0.05, 0.1) is 10.2 Å². The third-order valence-corrected chi connectivity index (χ3v) is 6.51. The van der Waals surface area contributed by atoms with Crippen molar-refractivity contribution in [1.29, 1.82) is 0 Å². The number of nitrogens with zero attached hydrogens (tertiary/aromatic N) is 2. The van der Waals surface area contributed by atoms with E-state index in [-0.39, 0.29) is 23.5 Å². The SMILES string of the molecule is O=C(NCCc1ccccc1F)C1CCN(C(=O)/C=C/c2nc3ccccc3s2)CC1. The van der Waals surface area contributed by atoms with Crippen molar-refractivity contribution in [1.82, 2.24) is 15.2 Å². The van der Waals surface area contributed by atoms with E-state index in [1.807, 2.05) is 24.3 Å². The van der Waals surface area contributed by atoms with Gasteiger partial charge in [-0.1, -0.05) is 30.3 Å². The Kier molecular flexibility index (Phi) is 6.72. The number of rotatable bonds is 6. The molecular weight excluding hydrogens is 413 g/mol. The molecule has 5 nitrogen and oxygen atoms in total. The lowest BCUT2D eigenvalue weighted by molar-refractivity contribution is -0.132. The van der Waals surface area contributed by atoms with Gasteiger partial charge in [0.25, 0.3) is 0 Å². The van der Waals surface area contributed by atoms with Crippen LogP contribution in [0.15, 0.2) is 54.6 Å². The fourth-order valence-corrected chi connectivity index (χ4v) is 4.61. The quantitative estimate of drug-likeness (QED) is 0.592. The molecule has 0 bridgehead atoms. The van der Waals surface area contributed by atoms with E-state index in [1.165, 1.54) is 6.07 Å². The number of amides is 2. The summed E-state index contributed by atoms with van der Waals surface area (Å²) >= 11 is 1.55. The molecule has 0 radical (unpaired) electrons. The first-order valence-electron chi connectivity index (χ1n) is 10.4. The van der Waals surface area contributed by atoms with Gasteiger partial charge in [-0.25, -0.2) is 9.37 Å². The van der Waals surface area contributed by atoms with Gasteiger partial charge in [-0.05, 0) is 49.1 Å². The molecule has 0 saturated carbocycles. The first kappa shape index (κ1) is 21.2. The van der Waals surface area contributed by atoms with Gasteiger partial charge >= 0.3 is 0 Å². The Labute approximate surface area is 184 Å². The fraction of sp³-hybridized carbons (Fsp3) is 0.292. The third-order valence-electron chi connectivity index (χ3n) is 5.51. The van der Waals surface area contributed by atoms with E-state index < -0.39 is 0 Å². The van der Waals surface area contributed by atoms with Gasteiger partial charge in [-0.15, -0.1) is 11.3 Å². The molecule has 0 unspecified atom stereocenters. The van der Waals surface area contributed by atoms with Crippen molar-refractivity contribution in [2.45, 2.75) is 19.3 Å². The molecule has 160 valence electrons. The lowest BCUT2D eigenvalue weighted by Gasteiger charge is -2.30. The molecule has 1 aromatic heterocycles. The minimum Gasteiger partial charge on any atom is -0.356 e. The predicted octanol–water partition coefficient (Wildman–Crippen LogP) is 4.05. The zero-order chi connectivity index (χ0) is 21.6. The molecular formula is C24H24FN3O2S. The molecule has 2 amide bonds. The van der Waals surface area contributed by atoms with Crippen LogP contribution in [0, 0.1) is 11.7 Å². The van der Waals surface area contributed by atoms with Gasteiger partial charge in [-0.3, -0.25) is 9.59 Å². The van der Waals surface area contributed by atoms with Crippen LogP contribution in [0.4, 0.5) is 4.39 Å². The van der Waals surface area contributed by atoms with Crippen molar-refractivity contribution in [3.05, 3.63) is 71.0 Å². The number of para-hydroxylation sites is 1. The zero-order valence-electron chi connectivity index (χ0n) is 17.1. The summed E-state index contributed by atoms with van der Waals surface area (Å²) in [4.78, 5) is 31.2. The molecule has 1 aliphatic heterocycles. The highest BCUT2D eigenvalue weighted by Crippen LogP contribution is 2.23. The minimum absolute atomic E-state index is 0.0199. The van der Waals surface area contributed by atoms with Crippen molar-refractivity contribution in [3.63, 3.8) is 0 Å². The summed E-state index contributed by atoms with van der Waals surface area (Å²) in [6, 6.07) is 14.5. The molecule has 31 heavy (non-hydrogen) atoms. The van der Waals surface area contributed by atoms with Crippen LogP contribution in [0.25, 0.3) is 16.3 Å². The number of likely N-dealkylation sites (tertiary alicyclic amines) is 1. The van der Waals surface area contributed by atoms with E-state index in [9.17, 15) is 14.0 Å². The van der Waals surface area contributed by atoms with Gasteiger partial charge < -0.3 is 10.2 Å². The van der Waals surface area contributed by atoms with Crippen molar-refractivity contribution in [3.8, 4) is 0 Å². The van der Waals surface area contributed by atoms with E-state index in [4.69, 9.17) is 0 Å². The van der Waals surface area contributed by atoms with Crippen LogP contribution in [0.1, 0.15) is 23.4 Å². The number of nitrogens with one attached hydrogen (secondary N) is 1. The maximum atomic E-state index is 13.7. The van der Waals surface area contributed by atoms with E-state index in [1.54, 1.807) is 46.6 Å². The second-order valence-electron chi connectivity index (χ2n) is 7.59. The number of fused-ring (bicyclic) bond motifs is 1. The van der Waals surface area contributed by atoms with E-state index in [0.29, 0.717) is 44.5 Å². The van der Waals surface area contributed by atoms with Crippen LogP contribution in [-0.2, 0) is 16.0 Å². The molecule has 0 aliphatic carbocycles. The van der Waals surface area contributed by atoms with Crippen LogP contribution in [0.5, 0.6) is 0 Å². The summed E-state index contributed by atoms with van der Waals surface area (Å²) in [6.07, 6.45) is 5.05. The number of hydrogen-bond acceptors (Lipinski definition) is 4. The minimum atomic E-state index is -0.248.